The molecule has 0 bridgehead atoms. The lowest BCUT2D eigenvalue weighted by atomic mass is 10.2. The first kappa shape index (κ1) is 12.4. The third kappa shape index (κ3) is 3.86. The van der Waals surface area contributed by atoms with E-state index >= 15 is 0 Å². The smallest absolute Gasteiger partial charge is 0.252 e. The highest BCUT2D eigenvalue weighted by molar-refractivity contribution is 5.97. The van der Waals surface area contributed by atoms with Crippen LogP contribution in [0.2, 0.25) is 0 Å². The summed E-state index contributed by atoms with van der Waals surface area (Å²) in [4.78, 5) is 15.2. The van der Waals surface area contributed by atoms with Gasteiger partial charge in [-0.15, -0.1) is 0 Å². The Morgan fingerprint density at radius 3 is 3.00 bits per heavy atom. The zero-order chi connectivity index (χ0) is 11.8. The molecule has 0 saturated carbocycles. The molecule has 1 rings (SSSR count). The lowest BCUT2D eigenvalue weighted by Gasteiger charge is -2.08. The highest BCUT2D eigenvalue weighted by Crippen LogP contribution is 2.09. The number of anilines is 1. The zero-order valence-electron chi connectivity index (χ0n) is 9.49. The molecular weight excluding hydrogens is 204 g/mol. The van der Waals surface area contributed by atoms with Gasteiger partial charge in [-0.3, -0.25) is 4.79 Å². The van der Waals surface area contributed by atoms with Crippen LogP contribution in [0.25, 0.3) is 0 Å². The van der Waals surface area contributed by atoms with Crippen molar-refractivity contribution in [1.82, 2.24) is 10.3 Å². The minimum Gasteiger partial charge on any atom is -0.369 e. The second-order valence-corrected chi connectivity index (χ2v) is 3.40. The van der Waals surface area contributed by atoms with Gasteiger partial charge in [0.15, 0.2) is 0 Å². The maximum Gasteiger partial charge on any atom is 0.252 e. The van der Waals surface area contributed by atoms with Gasteiger partial charge >= 0.3 is 0 Å². The molecular formula is C11H18N4O. The molecule has 88 valence electrons. The fourth-order valence-corrected chi connectivity index (χ4v) is 1.34. The third-order valence-electron chi connectivity index (χ3n) is 2.15. The number of aromatic nitrogens is 1. The fourth-order valence-electron chi connectivity index (χ4n) is 1.34. The quantitative estimate of drug-likeness (QED) is 0.590. The van der Waals surface area contributed by atoms with Crippen molar-refractivity contribution in [2.24, 2.45) is 5.73 Å². The van der Waals surface area contributed by atoms with Crippen LogP contribution in [0, 0.1) is 0 Å². The Hall–Kier alpha value is -1.62. The van der Waals surface area contributed by atoms with Gasteiger partial charge in [0.05, 0.1) is 5.56 Å². The van der Waals surface area contributed by atoms with Crippen LogP contribution in [0.4, 0.5) is 5.82 Å². The summed E-state index contributed by atoms with van der Waals surface area (Å²) in [7, 11) is 0. The average molecular weight is 222 g/mol. The van der Waals surface area contributed by atoms with E-state index in [0.29, 0.717) is 11.4 Å². The summed E-state index contributed by atoms with van der Waals surface area (Å²) in [6.45, 7) is 4.75. The van der Waals surface area contributed by atoms with E-state index < -0.39 is 5.91 Å². The van der Waals surface area contributed by atoms with E-state index in [2.05, 4.69) is 22.5 Å². The molecule has 0 spiro atoms. The second kappa shape index (κ2) is 6.79. The Balaban J connectivity index is 2.44. The SMILES string of the molecule is CCNCCCNc1ncccc1C(N)=O. The summed E-state index contributed by atoms with van der Waals surface area (Å²) in [6.07, 6.45) is 2.61. The number of amides is 1. The van der Waals surface area contributed by atoms with E-state index in [4.69, 9.17) is 5.73 Å². The molecule has 0 radical (unpaired) electrons. The van der Waals surface area contributed by atoms with Crippen LogP contribution in [0.15, 0.2) is 18.3 Å². The summed E-state index contributed by atoms with van der Waals surface area (Å²) in [5.41, 5.74) is 5.67. The Morgan fingerprint density at radius 2 is 2.31 bits per heavy atom. The lowest BCUT2D eigenvalue weighted by molar-refractivity contribution is 0.100. The first-order valence-corrected chi connectivity index (χ1v) is 5.45. The molecule has 0 unspecified atom stereocenters. The van der Waals surface area contributed by atoms with Gasteiger partial charge < -0.3 is 16.4 Å². The van der Waals surface area contributed by atoms with Crippen LogP contribution in [-0.2, 0) is 0 Å². The zero-order valence-corrected chi connectivity index (χ0v) is 9.49. The maximum atomic E-state index is 11.1. The summed E-state index contributed by atoms with van der Waals surface area (Å²) in [5.74, 6) is 0.105. The fraction of sp³-hybridized carbons (Fsp3) is 0.455. The highest BCUT2D eigenvalue weighted by Gasteiger charge is 2.07. The summed E-state index contributed by atoms with van der Waals surface area (Å²) in [5, 5.41) is 6.32. The minimum absolute atomic E-state index is 0.436. The average Bonchev–Trinajstić information content (AvgIpc) is 2.29. The van der Waals surface area contributed by atoms with Crippen molar-refractivity contribution in [2.45, 2.75) is 13.3 Å². The van der Waals surface area contributed by atoms with Gasteiger partial charge in [0, 0.05) is 12.7 Å². The molecule has 0 fully saturated rings. The van der Waals surface area contributed by atoms with Crippen LogP contribution in [0.3, 0.4) is 0 Å². The van der Waals surface area contributed by atoms with E-state index in [-0.39, 0.29) is 0 Å². The van der Waals surface area contributed by atoms with Crippen molar-refractivity contribution in [3.8, 4) is 0 Å². The molecule has 1 aromatic rings. The van der Waals surface area contributed by atoms with Crippen LogP contribution in [-0.4, -0.2) is 30.5 Å². The van der Waals surface area contributed by atoms with E-state index in [1.54, 1.807) is 18.3 Å². The summed E-state index contributed by atoms with van der Waals surface area (Å²) >= 11 is 0. The number of hydrogen-bond acceptors (Lipinski definition) is 4. The van der Waals surface area contributed by atoms with E-state index in [1.165, 1.54) is 0 Å². The van der Waals surface area contributed by atoms with Crippen LogP contribution >= 0.6 is 0 Å². The molecule has 1 amide bonds. The molecule has 0 saturated heterocycles. The Bertz CT molecular complexity index is 341. The van der Waals surface area contributed by atoms with E-state index in [1.807, 2.05) is 0 Å². The second-order valence-electron chi connectivity index (χ2n) is 3.40. The van der Waals surface area contributed by atoms with Crippen LogP contribution < -0.4 is 16.4 Å². The van der Waals surface area contributed by atoms with Gasteiger partial charge in [-0.1, -0.05) is 6.92 Å². The largest absolute Gasteiger partial charge is 0.369 e. The number of primary amides is 1. The van der Waals surface area contributed by atoms with E-state index in [0.717, 1.165) is 26.1 Å². The van der Waals surface area contributed by atoms with Crippen molar-refractivity contribution in [1.29, 1.82) is 0 Å². The summed E-state index contributed by atoms with van der Waals surface area (Å²) in [6, 6.07) is 3.37. The number of nitrogens with one attached hydrogen (secondary N) is 2. The predicted octanol–water partition coefficient (Wildman–Crippen LogP) is 0.592. The van der Waals surface area contributed by atoms with Gasteiger partial charge in [0.2, 0.25) is 0 Å². The normalized spacial score (nSPS) is 10.1. The van der Waals surface area contributed by atoms with E-state index in [9.17, 15) is 4.79 Å². The number of pyridine rings is 1. The molecule has 16 heavy (non-hydrogen) atoms. The number of carbonyl (C=O) groups excluding carboxylic acids is 1. The highest BCUT2D eigenvalue weighted by atomic mass is 16.1. The summed E-state index contributed by atoms with van der Waals surface area (Å²) < 4.78 is 0. The van der Waals surface area contributed by atoms with Crippen LogP contribution in [0.1, 0.15) is 23.7 Å². The minimum atomic E-state index is -0.456. The van der Waals surface area contributed by atoms with Crippen molar-refractivity contribution >= 4 is 11.7 Å². The lowest BCUT2D eigenvalue weighted by Crippen LogP contribution is -2.19. The molecule has 0 aliphatic heterocycles. The number of carbonyl (C=O) groups is 1. The number of nitrogens with two attached hydrogens (primary N) is 1. The Labute approximate surface area is 95.4 Å². The molecule has 5 nitrogen and oxygen atoms in total. The number of rotatable bonds is 7. The molecule has 4 N–H and O–H groups in total. The molecule has 1 aromatic heterocycles. The van der Waals surface area contributed by atoms with Crippen molar-refractivity contribution in [2.75, 3.05) is 25.0 Å². The Morgan fingerprint density at radius 1 is 1.50 bits per heavy atom. The van der Waals surface area contributed by atoms with Crippen molar-refractivity contribution in [3.05, 3.63) is 23.9 Å². The van der Waals surface area contributed by atoms with Crippen molar-refractivity contribution in [3.63, 3.8) is 0 Å². The molecule has 0 atom stereocenters. The predicted molar refractivity (Wildman–Crippen MR) is 64.4 cm³/mol. The number of nitrogens with zero attached hydrogens (tertiary/aromatic N) is 1. The molecule has 5 heteroatoms. The van der Waals surface area contributed by atoms with Crippen molar-refractivity contribution < 1.29 is 4.79 Å². The van der Waals surface area contributed by atoms with Gasteiger partial charge in [0.1, 0.15) is 5.82 Å². The maximum absolute atomic E-state index is 11.1. The van der Waals surface area contributed by atoms with Gasteiger partial charge in [0.25, 0.3) is 5.91 Å². The van der Waals surface area contributed by atoms with Gasteiger partial charge in [-0.25, -0.2) is 4.98 Å². The monoisotopic (exact) mass is 222 g/mol. The van der Waals surface area contributed by atoms with Crippen LogP contribution in [0.5, 0.6) is 0 Å². The Kier molecular flexibility index (Phi) is 5.28. The standard InChI is InChI=1S/C11H18N4O/c1-2-13-6-4-8-15-11-9(10(12)16)5-3-7-14-11/h3,5,7,13H,2,4,6,8H2,1H3,(H2,12,16)(H,14,15). The number of hydrogen-bond donors (Lipinski definition) is 3. The molecule has 1 heterocycles. The van der Waals surface area contributed by atoms with Gasteiger partial charge in [-0.2, -0.15) is 0 Å². The third-order valence-corrected chi connectivity index (χ3v) is 2.15. The first-order valence-electron chi connectivity index (χ1n) is 5.45. The topological polar surface area (TPSA) is 80.0 Å². The molecule has 0 aliphatic carbocycles. The molecule has 0 aliphatic rings. The first-order chi connectivity index (χ1) is 7.75. The molecule has 0 aromatic carbocycles. The van der Waals surface area contributed by atoms with Gasteiger partial charge in [-0.05, 0) is 31.6 Å².